The summed E-state index contributed by atoms with van der Waals surface area (Å²) in [5.74, 6) is 1.29. The van der Waals surface area contributed by atoms with Crippen LogP contribution in [0.2, 0.25) is 5.02 Å². The summed E-state index contributed by atoms with van der Waals surface area (Å²) < 4.78 is 0. The van der Waals surface area contributed by atoms with E-state index < -0.39 is 0 Å². The summed E-state index contributed by atoms with van der Waals surface area (Å²) >= 11 is 6.07. The fraction of sp³-hybridized carbons (Fsp3) is 0.211. The number of rotatable bonds is 6. The second kappa shape index (κ2) is 7.94. The Morgan fingerprint density at radius 2 is 1.88 bits per heavy atom. The molecule has 0 spiro atoms. The summed E-state index contributed by atoms with van der Waals surface area (Å²) in [6, 6.07) is 13.6. The van der Waals surface area contributed by atoms with Crippen LogP contribution in [0.15, 0.2) is 54.9 Å². The number of anilines is 3. The molecule has 0 radical (unpaired) electrons. The van der Waals surface area contributed by atoms with Crippen molar-refractivity contribution in [2.24, 2.45) is 0 Å². The van der Waals surface area contributed by atoms with Crippen LogP contribution in [0, 0.1) is 0 Å². The summed E-state index contributed by atoms with van der Waals surface area (Å²) in [6.07, 6.45) is 4.49. The molecule has 2 N–H and O–H groups in total. The van der Waals surface area contributed by atoms with Gasteiger partial charge in [0.2, 0.25) is 5.95 Å². The first-order valence-electron chi connectivity index (χ1n) is 8.22. The van der Waals surface area contributed by atoms with Gasteiger partial charge in [-0.25, -0.2) is 4.98 Å². The number of nitrogens with one attached hydrogen (secondary N) is 2. The zero-order chi connectivity index (χ0) is 17.6. The number of hydrogen-bond donors (Lipinski definition) is 2. The smallest absolute Gasteiger partial charge is 0.225 e. The number of aromatic nitrogens is 3. The second-order valence-electron chi connectivity index (χ2n) is 5.79. The molecule has 0 saturated carbocycles. The number of nitrogens with zero attached hydrogens (tertiary/aromatic N) is 3. The van der Waals surface area contributed by atoms with Crippen molar-refractivity contribution < 1.29 is 0 Å². The third kappa shape index (κ3) is 4.67. The van der Waals surface area contributed by atoms with E-state index in [-0.39, 0.29) is 6.04 Å². The first kappa shape index (κ1) is 17.2. The third-order valence-electron chi connectivity index (χ3n) is 3.79. The van der Waals surface area contributed by atoms with Gasteiger partial charge in [-0.3, -0.25) is 4.98 Å². The highest BCUT2D eigenvalue weighted by Crippen LogP contribution is 2.24. The minimum absolute atomic E-state index is 0.284. The first-order chi connectivity index (χ1) is 12.1. The Kier molecular flexibility index (Phi) is 5.46. The van der Waals surface area contributed by atoms with Crippen molar-refractivity contribution >= 4 is 29.1 Å². The molecular weight excluding hydrogens is 334 g/mol. The SMILES string of the molecule is CC[C@H](C)Nc1nc(Nc2cccc(Cl)c2)cc(-c2ccncc2)n1. The molecule has 2 aromatic heterocycles. The zero-order valence-corrected chi connectivity index (χ0v) is 15.0. The molecule has 0 amide bonds. The molecule has 0 saturated heterocycles. The number of benzene rings is 1. The molecule has 0 aliphatic rings. The maximum atomic E-state index is 6.07. The van der Waals surface area contributed by atoms with Crippen LogP contribution in [0.5, 0.6) is 0 Å². The molecule has 6 heteroatoms. The van der Waals surface area contributed by atoms with Gasteiger partial charge in [0.1, 0.15) is 5.82 Å². The Bertz CT molecular complexity index is 838. The Labute approximate surface area is 152 Å². The quantitative estimate of drug-likeness (QED) is 0.642. The zero-order valence-electron chi connectivity index (χ0n) is 14.2. The van der Waals surface area contributed by atoms with Crippen molar-refractivity contribution in [2.45, 2.75) is 26.3 Å². The summed E-state index contributed by atoms with van der Waals surface area (Å²) in [6.45, 7) is 4.22. The van der Waals surface area contributed by atoms with Gasteiger partial charge < -0.3 is 10.6 Å². The van der Waals surface area contributed by atoms with Gasteiger partial charge in [-0.15, -0.1) is 0 Å². The summed E-state index contributed by atoms with van der Waals surface area (Å²) in [7, 11) is 0. The standard InChI is InChI=1S/C19H20ClN5/c1-3-13(2)22-19-24-17(14-7-9-21-10-8-14)12-18(25-19)23-16-6-4-5-15(20)11-16/h4-13H,3H2,1-2H3,(H2,22,23,24,25)/t13-/m0/s1. The van der Waals surface area contributed by atoms with Crippen LogP contribution in [0.25, 0.3) is 11.3 Å². The fourth-order valence-electron chi connectivity index (χ4n) is 2.28. The third-order valence-corrected chi connectivity index (χ3v) is 4.02. The molecule has 3 aromatic rings. The summed E-state index contributed by atoms with van der Waals surface area (Å²) in [5, 5.41) is 7.30. The average molecular weight is 354 g/mol. The van der Waals surface area contributed by atoms with Crippen molar-refractivity contribution in [1.29, 1.82) is 0 Å². The average Bonchev–Trinajstić information content (AvgIpc) is 2.62. The molecule has 0 unspecified atom stereocenters. The van der Waals surface area contributed by atoms with E-state index in [2.05, 4.69) is 39.4 Å². The first-order valence-corrected chi connectivity index (χ1v) is 8.60. The molecule has 0 fully saturated rings. The second-order valence-corrected chi connectivity index (χ2v) is 6.22. The van der Waals surface area contributed by atoms with E-state index >= 15 is 0 Å². The van der Waals surface area contributed by atoms with Crippen molar-refractivity contribution in [2.75, 3.05) is 10.6 Å². The van der Waals surface area contributed by atoms with Gasteiger partial charge in [0.05, 0.1) is 5.69 Å². The van der Waals surface area contributed by atoms with E-state index in [1.54, 1.807) is 12.4 Å². The van der Waals surface area contributed by atoms with E-state index in [0.717, 1.165) is 23.4 Å². The lowest BCUT2D eigenvalue weighted by atomic mass is 10.2. The van der Waals surface area contributed by atoms with E-state index in [1.807, 2.05) is 42.5 Å². The maximum absolute atomic E-state index is 6.07. The van der Waals surface area contributed by atoms with E-state index in [4.69, 9.17) is 11.6 Å². The lowest BCUT2D eigenvalue weighted by Gasteiger charge is -2.14. The Balaban J connectivity index is 1.97. The van der Waals surface area contributed by atoms with Crippen LogP contribution in [0.4, 0.5) is 17.5 Å². The number of hydrogen-bond acceptors (Lipinski definition) is 5. The lowest BCUT2D eigenvalue weighted by Crippen LogP contribution is -2.16. The van der Waals surface area contributed by atoms with Gasteiger partial charge in [0.15, 0.2) is 0 Å². The minimum Gasteiger partial charge on any atom is -0.352 e. The van der Waals surface area contributed by atoms with Crippen LogP contribution in [0.3, 0.4) is 0 Å². The molecular formula is C19H20ClN5. The predicted molar refractivity (Wildman–Crippen MR) is 103 cm³/mol. The molecule has 1 atom stereocenters. The van der Waals surface area contributed by atoms with Gasteiger partial charge in [0.25, 0.3) is 0 Å². The Morgan fingerprint density at radius 3 is 2.60 bits per heavy atom. The van der Waals surface area contributed by atoms with Crippen molar-refractivity contribution in [3.63, 3.8) is 0 Å². The van der Waals surface area contributed by atoms with Crippen LogP contribution in [-0.4, -0.2) is 21.0 Å². The van der Waals surface area contributed by atoms with Gasteiger partial charge in [-0.1, -0.05) is 24.6 Å². The molecule has 3 rings (SSSR count). The van der Waals surface area contributed by atoms with Gasteiger partial charge in [0, 0.05) is 40.8 Å². The largest absolute Gasteiger partial charge is 0.352 e. The van der Waals surface area contributed by atoms with Crippen molar-refractivity contribution in [1.82, 2.24) is 15.0 Å². The van der Waals surface area contributed by atoms with Crippen LogP contribution in [-0.2, 0) is 0 Å². The van der Waals surface area contributed by atoms with Crippen LogP contribution < -0.4 is 10.6 Å². The molecule has 1 aromatic carbocycles. The molecule has 5 nitrogen and oxygen atoms in total. The Morgan fingerprint density at radius 1 is 1.08 bits per heavy atom. The Hall–Kier alpha value is -2.66. The fourth-order valence-corrected chi connectivity index (χ4v) is 2.47. The summed E-state index contributed by atoms with van der Waals surface area (Å²) in [5.41, 5.74) is 2.69. The van der Waals surface area contributed by atoms with Crippen molar-refractivity contribution in [3.8, 4) is 11.3 Å². The van der Waals surface area contributed by atoms with E-state index in [0.29, 0.717) is 16.8 Å². The normalized spacial score (nSPS) is 11.8. The predicted octanol–water partition coefficient (Wildman–Crippen LogP) is 5.15. The highest BCUT2D eigenvalue weighted by atomic mass is 35.5. The molecule has 0 aliphatic heterocycles. The highest BCUT2D eigenvalue weighted by molar-refractivity contribution is 6.30. The van der Waals surface area contributed by atoms with Gasteiger partial charge >= 0.3 is 0 Å². The molecule has 25 heavy (non-hydrogen) atoms. The molecule has 2 heterocycles. The number of halogens is 1. The number of pyridine rings is 1. The van der Waals surface area contributed by atoms with Crippen LogP contribution >= 0.6 is 11.6 Å². The maximum Gasteiger partial charge on any atom is 0.225 e. The van der Waals surface area contributed by atoms with Crippen LogP contribution in [0.1, 0.15) is 20.3 Å². The highest BCUT2D eigenvalue weighted by Gasteiger charge is 2.09. The topological polar surface area (TPSA) is 62.7 Å². The molecule has 0 bridgehead atoms. The minimum atomic E-state index is 0.284. The van der Waals surface area contributed by atoms with E-state index in [1.165, 1.54) is 0 Å². The van der Waals surface area contributed by atoms with E-state index in [9.17, 15) is 0 Å². The molecule has 128 valence electrons. The van der Waals surface area contributed by atoms with Gasteiger partial charge in [-0.05, 0) is 43.7 Å². The lowest BCUT2D eigenvalue weighted by molar-refractivity contribution is 0.753. The summed E-state index contributed by atoms with van der Waals surface area (Å²) in [4.78, 5) is 13.3. The van der Waals surface area contributed by atoms with Crippen molar-refractivity contribution in [3.05, 3.63) is 59.9 Å². The monoisotopic (exact) mass is 353 g/mol. The van der Waals surface area contributed by atoms with Gasteiger partial charge in [-0.2, -0.15) is 4.98 Å². The molecule has 0 aliphatic carbocycles.